The number of amides is 1. The standard InChI is InChI=1S/C39H32N2O8S/c1-2-23-41-34(42)30(24-26-15-7-3-8-16-26)40-39(41)50-38-33(49-37(45)29-21-13-6-14-22-29)32(48-36(44)28-19-11-5-12-20-28)31(47-38)25-46-35(43)27-17-9-4-10-18-27/h2-22,24,31-33,38H,1,23,25H2. The summed E-state index contributed by atoms with van der Waals surface area (Å²) in [6.07, 6.45) is -0.262. The van der Waals surface area contributed by atoms with E-state index in [0.29, 0.717) is 5.56 Å². The highest BCUT2D eigenvalue weighted by Crippen LogP contribution is 2.38. The van der Waals surface area contributed by atoms with E-state index in [9.17, 15) is 19.2 Å². The van der Waals surface area contributed by atoms with E-state index in [-0.39, 0.29) is 41.1 Å². The van der Waals surface area contributed by atoms with Crippen molar-refractivity contribution < 1.29 is 38.1 Å². The molecule has 2 aliphatic heterocycles. The smallest absolute Gasteiger partial charge is 0.338 e. The maximum atomic E-state index is 13.5. The molecular weight excluding hydrogens is 657 g/mol. The maximum Gasteiger partial charge on any atom is 0.338 e. The van der Waals surface area contributed by atoms with Crippen molar-refractivity contribution in [2.24, 2.45) is 4.99 Å². The van der Waals surface area contributed by atoms with Crippen molar-refractivity contribution in [1.82, 2.24) is 4.90 Å². The van der Waals surface area contributed by atoms with Crippen molar-refractivity contribution in [3.8, 4) is 0 Å². The molecule has 1 amide bonds. The van der Waals surface area contributed by atoms with E-state index in [1.165, 1.54) is 4.90 Å². The number of ether oxygens (including phenoxy) is 4. The summed E-state index contributed by atoms with van der Waals surface area (Å²) < 4.78 is 24.0. The van der Waals surface area contributed by atoms with Crippen LogP contribution in [0, 0.1) is 0 Å². The van der Waals surface area contributed by atoms with Gasteiger partial charge >= 0.3 is 17.9 Å². The number of thioether (sulfide) groups is 1. The van der Waals surface area contributed by atoms with E-state index in [1.54, 1.807) is 103 Å². The quantitative estimate of drug-likeness (QED) is 0.0788. The van der Waals surface area contributed by atoms with Crippen LogP contribution in [0.2, 0.25) is 0 Å². The number of rotatable bonds is 11. The number of amidine groups is 1. The predicted molar refractivity (Wildman–Crippen MR) is 188 cm³/mol. The second kappa shape index (κ2) is 16.1. The van der Waals surface area contributed by atoms with Crippen molar-refractivity contribution in [2.75, 3.05) is 13.2 Å². The topological polar surface area (TPSA) is 121 Å². The van der Waals surface area contributed by atoms with Gasteiger partial charge in [0.15, 0.2) is 22.8 Å². The summed E-state index contributed by atoms with van der Waals surface area (Å²) >= 11 is 1.02. The molecule has 4 aromatic rings. The van der Waals surface area contributed by atoms with Crippen LogP contribution >= 0.6 is 11.8 Å². The Morgan fingerprint density at radius 2 is 1.24 bits per heavy atom. The van der Waals surface area contributed by atoms with E-state index in [0.717, 1.165) is 17.3 Å². The molecule has 1 fully saturated rings. The zero-order valence-corrected chi connectivity index (χ0v) is 27.5. The van der Waals surface area contributed by atoms with Crippen molar-refractivity contribution in [2.45, 2.75) is 23.7 Å². The normalized spacial score (nSPS) is 20.6. The Balaban J connectivity index is 1.34. The highest BCUT2D eigenvalue weighted by Gasteiger charge is 2.52. The average Bonchev–Trinajstić information content (AvgIpc) is 3.62. The Bertz CT molecular complexity index is 1900. The summed E-state index contributed by atoms with van der Waals surface area (Å²) in [5, 5.41) is 0.262. The Morgan fingerprint density at radius 1 is 0.740 bits per heavy atom. The number of esters is 3. The third kappa shape index (κ3) is 8.08. The van der Waals surface area contributed by atoms with E-state index >= 15 is 0 Å². The average molecular weight is 689 g/mol. The number of carbonyl (C=O) groups is 4. The molecule has 4 atom stereocenters. The maximum absolute atomic E-state index is 13.5. The number of carbonyl (C=O) groups excluding carboxylic acids is 4. The van der Waals surface area contributed by atoms with Gasteiger partial charge in [0.05, 0.1) is 16.7 Å². The van der Waals surface area contributed by atoms with E-state index < -0.39 is 41.7 Å². The fourth-order valence-corrected chi connectivity index (χ4v) is 6.44. The first-order valence-electron chi connectivity index (χ1n) is 15.8. The molecule has 0 aliphatic carbocycles. The lowest BCUT2D eigenvalue weighted by atomic mass is 10.1. The van der Waals surface area contributed by atoms with Gasteiger partial charge in [-0.2, -0.15) is 0 Å². The third-order valence-electron chi connectivity index (χ3n) is 7.71. The molecule has 4 aromatic carbocycles. The predicted octanol–water partition coefficient (Wildman–Crippen LogP) is 6.18. The zero-order valence-electron chi connectivity index (χ0n) is 26.7. The molecule has 0 aromatic heterocycles. The Hall–Kier alpha value is -5.78. The van der Waals surface area contributed by atoms with Gasteiger partial charge < -0.3 is 18.9 Å². The highest BCUT2D eigenvalue weighted by molar-refractivity contribution is 8.14. The van der Waals surface area contributed by atoms with Crippen LogP contribution in [-0.4, -0.2) is 70.8 Å². The van der Waals surface area contributed by atoms with E-state index in [1.807, 2.05) is 30.3 Å². The first-order chi connectivity index (χ1) is 24.4. The Labute approximate surface area is 293 Å². The summed E-state index contributed by atoms with van der Waals surface area (Å²) in [4.78, 5) is 59.4. The molecule has 0 saturated carbocycles. The molecule has 2 heterocycles. The van der Waals surface area contributed by atoms with Crippen molar-refractivity contribution in [1.29, 1.82) is 0 Å². The van der Waals surface area contributed by atoms with Crippen LogP contribution in [-0.2, 0) is 23.7 Å². The van der Waals surface area contributed by atoms with Gasteiger partial charge in [0, 0.05) is 6.54 Å². The molecule has 10 nitrogen and oxygen atoms in total. The third-order valence-corrected chi connectivity index (χ3v) is 8.84. The summed E-state index contributed by atoms with van der Waals surface area (Å²) in [6.45, 7) is 3.59. The number of nitrogens with zero attached hydrogens (tertiary/aromatic N) is 2. The monoisotopic (exact) mass is 688 g/mol. The van der Waals surface area contributed by atoms with Gasteiger partial charge in [0.2, 0.25) is 0 Å². The molecule has 0 radical (unpaired) electrons. The van der Waals surface area contributed by atoms with Gasteiger partial charge in [0.1, 0.15) is 18.4 Å². The molecule has 4 unspecified atom stereocenters. The first kappa shape index (κ1) is 34.1. The number of hydrogen-bond acceptors (Lipinski definition) is 10. The molecule has 0 N–H and O–H groups in total. The summed E-state index contributed by atoms with van der Waals surface area (Å²) in [6, 6.07) is 34.3. The van der Waals surface area contributed by atoms with Crippen LogP contribution in [0.4, 0.5) is 0 Å². The van der Waals surface area contributed by atoms with Gasteiger partial charge in [-0.05, 0) is 48.0 Å². The first-order valence-corrected chi connectivity index (χ1v) is 16.6. The van der Waals surface area contributed by atoms with E-state index in [4.69, 9.17) is 18.9 Å². The Kier molecular flexibility index (Phi) is 11.0. The van der Waals surface area contributed by atoms with Crippen LogP contribution in [0.5, 0.6) is 0 Å². The van der Waals surface area contributed by atoms with Crippen LogP contribution in [0.3, 0.4) is 0 Å². The van der Waals surface area contributed by atoms with Crippen molar-refractivity contribution >= 4 is 46.8 Å². The molecular formula is C39H32N2O8S. The van der Waals surface area contributed by atoms with Gasteiger partial charge in [-0.3, -0.25) is 9.69 Å². The lowest BCUT2D eigenvalue weighted by Gasteiger charge is -2.25. The van der Waals surface area contributed by atoms with Gasteiger partial charge in [-0.15, -0.1) is 6.58 Å². The zero-order chi connectivity index (χ0) is 34.9. The fourth-order valence-electron chi connectivity index (χ4n) is 5.26. The number of benzene rings is 4. The Morgan fingerprint density at radius 3 is 1.78 bits per heavy atom. The van der Waals surface area contributed by atoms with Gasteiger partial charge in [0.25, 0.3) is 5.91 Å². The summed E-state index contributed by atoms with van der Waals surface area (Å²) in [5.74, 6) is -2.35. The minimum absolute atomic E-state index is 0.141. The molecule has 6 rings (SSSR count). The largest absolute Gasteiger partial charge is 0.459 e. The van der Waals surface area contributed by atoms with Crippen molar-refractivity contribution in [3.63, 3.8) is 0 Å². The molecule has 252 valence electrons. The number of aliphatic imine (C=N–C) groups is 1. The van der Waals surface area contributed by atoms with Crippen LogP contribution in [0.15, 0.2) is 145 Å². The summed E-state index contributed by atoms with van der Waals surface area (Å²) in [5.41, 5.74) is 0.763. The molecule has 0 spiro atoms. The molecule has 0 bridgehead atoms. The van der Waals surface area contributed by atoms with E-state index in [2.05, 4.69) is 11.6 Å². The van der Waals surface area contributed by atoms with Crippen LogP contribution in [0.25, 0.3) is 6.08 Å². The highest BCUT2D eigenvalue weighted by atomic mass is 32.2. The molecule has 50 heavy (non-hydrogen) atoms. The van der Waals surface area contributed by atoms with Gasteiger partial charge in [-0.25, -0.2) is 19.4 Å². The summed E-state index contributed by atoms with van der Waals surface area (Å²) in [7, 11) is 0. The van der Waals surface area contributed by atoms with Crippen LogP contribution < -0.4 is 0 Å². The second-order valence-corrected chi connectivity index (χ2v) is 12.2. The van der Waals surface area contributed by atoms with Gasteiger partial charge in [-0.1, -0.05) is 103 Å². The molecule has 2 aliphatic rings. The van der Waals surface area contributed by atoms with Crippen LogP contribution in [0.1, 0.15) is 36.6 Å². The molecule has 11 heteroatoms. The lowest BCUT2D eigenvalue weighted by Crippen LogP contribution is -2.42. The SMILES string of the molecule is C=CCN1C(=O)C(=Cc2ccccc2)N=C1SC1OC(COC(=O)c2ccccc2)C(OC(=O)c2ccccc2)C1OC(=O)c1ccccc1. The minimum atomic E-state index is -1.22. The molecule has 1 saturated heterocycles. The number of hydrogen-bond donors (Lipinski definition) is 0. The second-order valence-electron chi connectivity index (χ2n) is 11.1. The minimum Gasteiger partial charge on any atom is -0.459 e. The van der Waals surface area contributed by atoms with Crippen molar-refractivity contribution in [3.05, 3.63) is 162 Å². The fraction of sp³-hybridized carbons (Fsp3) is 0.154. The lowest BCUT2D eigenvalue weighted by molar-refractivity contribution is -0.122.